The van der Waals surface area contributed by atoms with Gasteiger partial charge in [-0.3, -0.25) is 14.6 Å². The number of carbonyl (C=O) groups excluding carboxylic acids is 2. The molecule has 0 spiro atoms. The summed E-state index contributed by atoms with van der Waals surface area (Å²) in [6.07, 6.45) is 3.16. The number of carbonyl (C=O) groups is 2. The van der Waals surface area contributed by atoms with Crippen LogP contribution >= 0.6 is 0 Å². The third-order valence-corrected chi connectivity index (χ3v) is 4.80. The Morgan fingerprint density at radius 2 is 1.79 bits per heavy atom. The zero-order valence-corrected chi connectivity index (χ0v) is 15.9. The van der Waals surface area contributed by atoms with E-state index in [-0.39, 0.29) is 11.8 Å². The average Bonchev–Trinajstić information content (AvgIpc) is 2.77. The lowest BCUT2D eigenvalue weighted by molar-refractivity contribution is -0.118. The minimum absolute atomic E-state index is 0.306. The van der Waals surface area contributed by atoms with Crippen molar-refractivity contribution in [2.45, 2.75) is 12.5 Å². The van der Waals surface area contributed by atoms with Gasteiger partial charge in [-0.1, -0.05) is 42.5 Å². The molecule has 0 bridgehead atoms. The number of para-hydroxylation sites is 1. The number of ether oxygens (including phenoxy) is 1. The Hall–Kier alpha value is -3.80. The van der Waals surface area contributed by atoms with E-state index < -0.39 is 5.92 Å². The summed E-state index contributed by atoms with van der Waals surface area (Å²) in [4.78, 5) is 36.0. The van der Waals surface area contributed by atoms with Crippen LogP contribution in [0.2, 0.25) is 0 Å². The van der Waals surface area contributed by atoms with Gasteiger partial charge in [-0.2, -0.15) is 0 Å². The van der Waals surface area contributed by atoms with Gasteiger partial charge in [-0.25, -0.2) is 9.88 Å². The van der Waals surface area contributed by atoms with E-state index in [1.807, 2.05) is 30.3 Å². The average molecular weight is 385 g/mol. The number of aromatic nitrogens is 1. The Morgan fingerprint density at radius 1 is 1.03 bits per heavy atom. The standard InChI is InChI=1S/C23H19N3O3/c1-29-20-11-5-2-8-16(20)14-24-15-19-17-9-3-4-10-18(17)22(27)26(23(19)28)21-12-6-7-13-25-21/h2-13,15,19H,14H2,1H3. The number of pyridine rings is 1. The van der Waals surface area contributed by atoms with Crippen molar-refractivity contribution in [2.75, 3.05) is 12.0 Å². The molecular weight excluding hydrogens is 366 g/mol. The largest absolute Gasteiger partial charge is 0.496 e. The molecule has 0 saturated heterocycles. The van der Waals surface area contributed by atoms with Crippen molar-refractivity contribution in [2.24, 2.45) is 4.99 Å². The molecule has 0 saturated carbocycles. The number of rotatable bonds is 5. The van der Waals surface area contributed by atoms with E-state index in [4.69, 9.17) is 4.74 Å². The third-order valence-electron chi connectivity index (χ3n) is 4.80. The molecule has 2 heterocycles. The van der Waals surface area contributed by atoms with Gasteiger partial charge in [-0.15, -0.1) is 0 Å². The molecule has 1 unspecified atom stereocenters. The molecular formula is C23H19N3O3. The molecule has 1 atom stereocenters. The number of amides is 2. The molecule has 144 valence electrons. The van der Waals surface area contributed by atoms with Gasteiger partial charge in [0, 0.05) is 23.5 Å². The predicted molar refractivity (Wildman–Crippen MR) is 110 cm³/mol. The highest BCUT2D eigenvalue weighted by atomic mass is 16.5. The van der Waals surface area contributed by atoms with Crippen LogP contribution in [0.1, 0.15) is 27.4 Å². The first kappa shape index (κ1) is 18.6. The van der Waals surface area contributed by atoms with E-state index in [1.165, 1.54) is 0 Å². The molecule has 1 aliphatic rings. The van der Waals surface area contributed by atoms with Gasteiger partial charge < -0.3 is 4.74 Å². The highest BCUT2D eigenvalue weighted by molar-refractivity contribution is 6.28. The van der Waals surface area contributed by atoms with Crippen LogP contribution in [0.15, 0.2) is 77.9 Å². The van der Waals surface area contributed by atoms with Gasteiger partial charge in [0.25, 0.3) is 5.91 Å². The Morgan fingerprint density at radius 3 is 2.59 bits per heavy atom. The predicted octanol–water partition coefficient (Wildman–Crippen LogP) is 3.63. The molecule has 6 nitrogen and oxygen atoms in total. The molecule has 2 aromatic carbocycles. The summed E-state index contributed by atoms with van der Waals surface area (Å²) in [6.45, 7) is 0.369. The van der Waals surface area contributed by atoms with Gasteiger partial charge >= 0.3 is 0 Å². The van der Waals surface area contributed by atoms with E-state index in [0.29, 0.717) is 23.5 Å². The molecule has 3 aromatic rings. The lowest BCUT2D eigenvalue weighted by Gasteiger charge is -2.30. The Bertz CT molecular complexity index is 1080. The van der Waals surface area contributed by atoms with Crippen molar-refractivity contribution in [3.05, 3.63) is 89.6 Å². The van der Waals surface area contributed by atoms with Gasteiger partial charge in [0.1, 0.15) is 11.6 Å². The first-order chi connectivity index (χ1) is 14.2. The molecule has 1 aromatic heterocycles. The number of hydrogen-bond donors (Lipinski definition) is 0. The van der Waals surface area contributed by atoms with Crippen molar-refractivity contribution in [3.8, 4) is 5.75 Å². The second kappa shape index (κ2) is 8.06. The molecule has 0 aliphatic carbocycles. The van der Waals surface area contributed by atoms with Crippen molar-refractivity contribution < 1.29 is 14.3 Å². The van der Waals surface area contributed by atoms with Crippen molar-refractivity contribution in [1.82, 2.24) is 4.98 Å². The number of hydrogen-bond acceptors (Lipinski definition) is 5. The summed E-state index contributed by atoms with van der Waals surface area (Å²) in [5.41, 5.74) is 2.05. The Kier molecular flexibility index (Phi) is 5.16. The zero-order valence-electron chi connectivity index (χ0n) is 15.9. The van der Waals surface area contributed by atoms with Gasteiger partial charge in [0.2, 0.25) is 5.91 Å². The van der Waals surface area contributed by atoms with Crippen LogP contribution in [0.3, 0.4) is 0 Å². The smallest absolute Gasteiger partial charge is 0.266 e. The maximum Gasteiger partial charge on any atom is 0.266 e. The molecule has 1 aliphatic heterocycles. The van der Waals surface area contributed by atoms with Crippen molar-refractivity contribution in [3.63, 3.8) is 0 Å². The van der Waals surface area contributed by atoms with Crippen LogP contribution in [0.5, 0.6) is 5.75 Å². The number of imide groups is 1. The second-order valence-corrected chi connectivity index (χ2v) is 6.53. The van der Waals surface area contributed by atoms with Crippen LogP contribution in [-0.4, -0.2) is 30.1 Å². The molecule has 4 rings (SSSR count). The monoisotopic (exact) mass is 385 g/mol. The molecule has 6 heteroatoms. The summed E-state index contributed by atoms with van der Waals surface area (Å²) < 4.78 is 5.35. The van der Waals surface area contributed by atoms with Gasteiger partial charge in [-0.05, 0) is 29.8 Å². The number of aliphatic imine (C=N–C) groups is 1. The Balaban J connectivity index is 1.69. The van der Waals surface area contributed by atoms with Crippen LogP contribution in [0.25, 0.3) is 0 Å². The van der Waals surface area contributed by atoms with E-state index in [1.54, 1.807) is 55.9 Å². The summed E-state index contributed by atoms with van der Waals surface area (Å²) in [5, 5.41) is 0. The van der Waals surface area contributed by atoms with E-state index in [9.17, 15) is 9.59 Å². The lowest BCUT2D eigenvalue weighted by atomic mass is 9.89. The first-order valence-electron chi connectivity index (χ1n) is 9.21. The van der Waals surface area contributed by atoms with Crippen LogP contribution in [-0.2, 0) is 11.3 Å². The topological polar surface area (TPSA) is 71.9 Å². The number of anilines is 1. The first-order valence-corrected chi connectivity index (χ1v) is 9.21. The quantitative estimate of drug-likeness (QED) is 0.497. The van der Waals surface area contributed by atoms with Crippen molar-refractivity contribution >= 4 is 23.8 Å². The number of fused-ring (bicyclic) bond motifs is 1. The van der Waals surface area contributed by atoms with Gasteiger partial charge in [0.15, 0.2) is 0 Å². The van der Waals surface area contributed by atoms with E-state index in [0.717, 1.165) is 16.2 Å². The minimum Gasteiger partial charge on any atom is -0.496 e. The van der Waals surface area contributed by atoms with E-state index in [2.05, 4.69) is 9.98 Å². The van der Waals surface area contributed by atoms with Crippen LogP contribution < -0.4 is 9.64 Å². The minimum atomic E-state index is -0.666. The maximum absolute atomic E-state index is 13.2. The lowest BCUT2D eigenvalue weighted by Crippen LogP contribution is -2.45. The third kappa shape index (κ3) is 3.52. The molecule has 0 N–H and O–H groups in total. The molecule has 0 radical (unpaired) electrons. The summed E-state index contributed by atoms with van der Waals surface area (Å²) in [5.74, 6) is -0.360. The van der Waals surface area contributed by atoms with Crippen molar-refractivity contribution in [1.29, 1.82) is 0 Å². The molecule has 0 fully saturated rings. The zero-order chi connectivity index (χ0) is 20.2. The number of methoxy groups -OCH3 is 1. The fourth-order valence-corrected chi connectivity index (χ4v) is 3.39. The maximum atomic E-state index is 13.2. The highest BCUT2D eigenvalue weighted by Gasteiger charge is 2.39. The number of benzene rings is 2. The van der Waals surface area contributed by atoms with Crippen LogP contribution in [0, 0.1) is 0 Å². The van der Waals surface area contributed by atoms with E-state index >= 15 is 0 Å². The highest BCUT2D eigenvalue weighted by Crippen LogP contribution is 2.31. The molecule has 2 amide bonds. The fraction of sp³-hybridized carbons (Fsp3) is 0.130. The molecule has 29 heavy (non-hydrogen) atoms. The van der Waals surface area contributed by atoms with Crippen LogP contribution in [0.4, 0.5) is 5.82 Å². The normalized spacial score (nSPS) is 16.2. The second-order valence-electron chi connectivity index (χ2n) is 6.53. The SMILES string of the molecule is COc1ccccc1CN=CC1C(=O)N(c2ccccn2)C(=O)c2ccccc21. The van der Waals surface area contributed by atoms with Gasteiger partial charge in [0.05, 0.1) is 19.6 Å². The summed E-state index contributed by atoms with van der Waals surface area (Å²) >= 11 is 0. The number of nitrogens with zero attached hydrogens (tertiary/aromatic N) is 3. The Labute approximate surface area is 168 Å². The summed E-state index contributed by atoms with van der Waals surface area (Å²) in [6, 6.07) is 19.8. The fourth-order valence-electron chi connectivity index (χ4n) is 3.39. The summed E-state index contributed by atoms with van der Waals surface area (Å²) in [7, 11) is 1.61.